The number of rotatable bonds is 2. The van der Waals surface area contributed by atoms with Crippen molar-refractivity contribution in [3.05, 3.63) is 23.9 Å². The van der Waals surface area contributed by atoms with E-state index in [4.69, 9.17) is 10.5 Å². The van der Waals surface area contributed by atoms with Crippen LogP contribution < -0.4 is 15.8 Å². The van der Waals surface area contributed by atoms with Crippen LogP contribution in [-0.2, 0) is 0 Å². The number of nitrogens with two attached hydrogens (primary N) is 1. The van der Waals surface area contributed by atoms with Crippen LogP contribution in [0.2, 0.25) is 0 Å². The lowest BCUT2D eigenvalue weighted by Crippen LogP contribution is -2.38. The van der Waals surface area contributed by atoms with Gasteiger partial charge in [0.2, 0.25) is 5.88 Å². The number of nitrogens with one attached hydrogen (secondary N) is 1. The van der Waals surface area contributed by atoms with Gasteiger partial charge in [0.05, 0.1) is 7.11 Å². The number of hydrogen-bond acceptors (Lipinski definition) is 4. The van der Waals surface area contributed by atoms with Crippen LogP contribution in [0, 0.1) is 0 Å². The first kappa shape index (κ1) is 10.4. The zero-order chi connectivity index (χ0) is 10.7. The second-order valence-electron chi connectivity index (χ2n) is 3.92. The van der Waals surface area contributed by atoms with E-state index in [0.717, 1.165) is 19.4 Å². The van der Waals surface area contributed by atoms with E-state index < -0.39 is 0 Å². The first-order chi connectivity index (χ1) is 7.29. The molecule has 1 aliphatic rings. The second-order valence-corrected chi connectivity index (χ2v) is 3.92. The standard InChI is InChI=1S/C11H17N3O/c1-15-11-6-8(2-4-14-11)10-7-9(12)3-5-13-10/h2,4,6,9-10,13H,3,5,7,12H2,1H3. The summed E-state index contributed by atoms with van der Waals surface area (Å²) in [7, 11) is 1.63. The highest BCUT2D eigenvalue weighted by atomic mass is 16.5. The Hall–Kier alpha value is -1.13. The fourth-order valence-electron chi connectivity index (χ4n) is 1.95. The Labute approximate surface area is 89.8 Å². The van der Waals surface area contributed by atoms with Crippen molar-refractivity contribution < 1.29 is 4.74 Å². The fraction of sp³-hybridized carbons (Fsp3) is 0.545. The first-order valence-corrected chi connectivity index (χ1v) is 5.28. The minimum atomic E-state index is 0.301. The summed E-state index contributed by atoms with van der Waals surface area (Å²) in [4.78, 5) is 4.09. The summed E-state index contributed by atoms with van der Waals surface area (Å²) in [5, 5.41) is 3.45. The van der Waals surface area contributed by atoms with Gasteiger partial charge in [-0.25, -0.2) is 4.98 Å². The van der Waals surface area contributed by atoms with Crippen molar-refractivity contribution >= 4 is 0 Å². The summed E-state index contributed by atoms with van der Waals surface area (Å²) in [5.74, 6) is 0.661. The van der Waals surface area contributed by atoms with Gasteiger partial charge < -0.3 is 15.8 Å². The highest BCUT2D eigenvalue weighted by molar-refractivity contribution is 5.24. The third kappa shape index (κ3) is 2.46. The van der Waals surface area contributed by atoms with Gasteiger partial charge in [0, 0.05) is 24.3 Å². The zero-order valence-corrected chi connectivity index (χ0v) is 8.94. The van der Waals surface area contributed by atoms with Crippen LogP contribution in [0.15, 0.2) is 18.3 Å². The molecule has 2 atom stereocenters. The molecular weight excluding hydrogens is 190 g/mol. The van der Waals surface area contributed by atoms with E-state index in [9.17, 15) is 0 Å². The fourth-order valence-corrected chi connectivity index (χ4v) is 1.95. The maximum absolute atomic E-state index is 5.95. The summed E-state index contributed by atoms with van der Waals surface area (Å²) in [6, 6.07) is 4.62. The van der Waals surface area contributed by atoms with Crippen LogP contribution in [0.5, 0.6) is 5.88 Å². The number of pyridine rings is 1. The molecule has 0 spiro atoms. The highest BCUT2D eigenvalue weighted by Gasteiger charge is 2.20. The van der Waals surface area contributed by atoms with Gasteiger partial charge in [-0.1, -0.05) is 0 Å². The van der Waals surface area contributed by atoms with Gasteiger partial charge in [0.15, 0.2) is 0 Å². The Balaban J connectivity index is 2.13. The van der Waals surface area contributed by atoms with Crippen LogP contribution in [-0.4, -0.2) is 24.7 Å². The predicted molar refractivity (Wildman–Crippen MR) is 58.7 cm³/mol. The minimum absolute atomic E-state index is 0.301. The van der Waals surface area contributed by atoms with E-state index in [2.05, 4.69) is 10.3 Å². The molecular formula is C11H17N3O. The SMILES string of the molecule is COc1cc(C2CC(N)CCN2)ccn1. The van der Waals surface area contributed by atoms with Gasteiger partial charge in [0.1, 0.15) is 0 Å². The van der Waals surface area contributed by atoms with Gasteiger partial charge in [-0.05, 0) is 31.0 Å². The predicted octanol–water partition coefficient (Wildman–Crippen LogP) is 0.842. The van der Waals surface area contributed by atoms with Crippen LogP contribution in [0.3, 0.4) is 0 Å². The summed E-state index contributed by atoms with van der Waals surface area (Å²) < 4.78 is 5.10. The molecule has 0 saturated carbocycles. The molecule has 1 aliphatic heterocycles. The van der Waals surface area contributed by atoms with Crippen molar-refractivity contribution in [2.45, 2.75) is 24.9 Å². The molecule has 0 radical (unpaired) electrons. The van der Waals surface area contributed by atoms with E-state index in [1.54, 1.807) is 13.3 Å². The Bertz CT molecular complexity index is 329. The van der Waals surface area contributed by atoms with E-state index in [0.29, 0.717) is 18.0 Å². The average molecular weight is 207 g/mol. The molecule has 2 unspecified atom stereocenters. The Morgan fingerprint density at radius 1 is 1.60 bits per heavy atom. The lowest BCUT2D eigenvalue weighted by molar-refractivity contribution is 0.364. The molecule has 0 bridgehead atoms. The number of hydrogen-bond donors (Lipinski definition) is 2. The molecule has 2 rings (SSSR count). The number of nitrogens with zero attached hydrogens (tertiary/aromatic N) is 1. The van der Waals surface area contributed by atoms with Gasteiger partial charge in [0.25, 0.3) is 0 Å². The molecule has 3 N–H and O–H groups in total. The Morgan fingerprint density at radius 3 is 3.20 bits per heavy atom. The van der Waals surface area contributed by atoms with Gasteiger partial charge in [-0.2, -0.15) is 0 Å². The molecule has 2 heterocycles. The number of aromatic nitrogens is 1. The maximum Gasteiger partial charge on any atom is 0.213 e. The van der Waals surface area contributed by atoms with E-state index in [1.165, 1.54) is 5.56 Å². The summed E-state index contributed by atoms with van der Waals surface area (Å²) in [5.41, 5.74) is 7.15. The largest absolute Gasteiger partial charge is 0.481 e. The average Bonchev–Trinajstić information content (AvgIpc) is 2.29. The molecule has 1 fully saturated rings. The molecule has 0 aromatic carbocycles. The number of piperidine rings is 1. The number of ether oxygens (including phenoxy) is 1. The molecule has 0 amide bonds. The van der Waals surface area contributed by atoms with Crippen molar-refractivity contribution in [2.75, 3.05) is 13.7 Å². The maximum atomic E-state index is 5.95. The number of methoxy groups -OCH3 is 1. The topological polar surface area (TPSA) is 60.2 Å². The normalized spacial score (nSPS) is 26.3. The third-order valence-corrected chi connectivity index (χ3v) is 2.81. The van der Waals surface area contributed by atoms with Gasteiger partial charge in [-0.3, -0.25) is 0 Å². The molecule has 4 nitrogen and oxygen atoms in total. The van der Waals surface area contributed by atoms with Crippen LogP contribution in [0.1, 0.15) is 24.4 Å². The monoisotopic (exact) mass is 207 g/mol. The third-order valence-electron chi connectivity index (χ3n) is 2.81. The zero-order valence-electron chi connectivity index (χ0n) is 8.94. The lowest BCUT2D eigenvalue weighted by atomic mass is 9.95. The van der Waals surface area contributed by atoms with E-state index >= 15 is 0 Å². The Morgan fingerprint density at radius 2 is 2.47 bits per heavy atom. The minimum Gasteiger partial charge on any atom is -0.481 e. The van der Waals surface area contributed by atoms with Crippen LogP contribution in [0.4, 0.5) is 0 Å². The van der Waals surface area contributed by atoms with E-state index in [-0.39, 0.29) is 0 Å². The summed E-state index contributed by atoms with van der Waals surface area (Å²) in [6.45, 7) is 0.983. The molecule has 82 valence electrons. The summed E-state index contributed by atoms with van der Waals surface area (Å²) in [6.07, 6.45) is 3.81. The second kappa shape index (κ2) is 4.59. The first-order valence-electron chi connectivity index (χ1n) is 5.28. The molecule has 1 aromatic heterocycles. The molecule has 1 aromatic rings. The van der Waals surface area contributed by atoms with Crippen molar-refractivity contribution in [1.29, 1.82) is 0 Å². The molecule has 1 saturated heterocycles. The quantitative estimate of drug-likeness (QED) is 0.754. The van der Waals surface area contributed by atoms with Gasteiger partial charge >= 0.3 is 0 Å². The lowest BCUT2D eigenvalue weighted by Gasteiger charge is -2.28. The van der Waals surface area contributed by atoms with Crippen LogP contribution in [0.25, 0.3) is 0 Å². The van der Waals surface area contributed by atoms with Crippen molar-refractivity contribution in [1.82, 2.24) is 10.3 Å². The molecule has 15 heavy (non-hydrogen) atoms. The summed E-state index contributed by atoms with van der Waals surface area (Å²) >= 11 is 0. The van der Waals surface area contributed by atoms with Crippen molar-refractivity contribution in [3.8, 4) is 5.88 Å². The van der Waals surface area contributed by atoms with Crippen LogP contribution >= 0.6 is 0 Å². The van der Waals surface area contributed by atoms with Gasteiger partial charge in [-0.15, -0.1) is 0 Å². The van der Waals surface area contributed by atoms with Crippen molar-refractivity contribution in [2.24, 2.45) is 5.73 Å². The van der Waals surface area contributed by atoms with Crippen molar-refractivity contribution in [3.63, 3.8) is 0 Å². The van der Waals surface area contributed by atoms with E-state index in [1.807, 2.05) is 12.1 Å². The highest BCUT2D eigenvalue weighted by Crippen LogP contribution is 2.23. The molecule has 0 aliphatic carbocycles. The molecule has 4 heteroatoms. The smallest absolute Gasteiger partial charge is 0.213 e. The Kier molecular flexibility index (Phi) is 3.18.